The van der Waals surface area contributed by atoms with Crippen molar-refractivity contribution in [2.75, 3.05) is 5.32 Å². The van der Waals surface area contributed by atoms with Crippen molar-refractivity contribution in [3.8, 4) is 0 Å². The Morgan fingerprint density at radius 1 is 1.00 bits per heavy atom. The Bertz CT molecular complexity index is 940. The molecule has 0 spiro atoms. The van der Waals surface area contributed by atoms with Gasteiger partial charge in [-0.2, -0.15) is 0 Å². The number of halogens is 1. The standard InChI is InChI=1S/C16H11BrN4/c17-13-8-18-15-6-5-10(7-12(13)15)21-16-11-3-1-2-4-14(11)19-9-20-16/h1-9,18H,(H,19,20,21). The second kappa shape index (κ2) is 4.86. The monoisotopic (exact) mass is 338 g/mol. The van der Waals surface area contributed by atoms with Crippen LogP contribution < -0.4 is 5.32 Å². The number of aromatic amines is 1. The fourth-order valence-electron chi connectivity index (χ4n) is 2.41. The third-order valence-electron chi connectivity index (χ3n) is 3.44. The second-order valence-corrected chi connectivity index (χ2v) is 5.62. The van der Waals surface area contributed by atoms with Crippen LogP contribution in [0.15, 0.2) is 59.5 Å². The highest BCUT2D eigenvalue weighted by atomic mass is 79.9. The molecule has 0 radical (unpaired) electrons. The van der Waals surface area contributed by atoms with Gasteiger partial charge in [-0.3, -0.25) is 0 Å². The van der Waals surface area contributed by atoms with Crippen LogP contribution in [0.25, 0.3) is 21.8 Å². The maximum atomic E-state index is 4.35. The minimum absolute atomic E-state index is 0.812. The number of hydrogen-bond donors (Lipinski definition) is 2. The van der Waals surface area contributed by atoms with Crippen LogP contribution in [-0.2, 0) is 0 Å². The Labute approximate surface area is 129 Å². The molecule has 0 aliphatic heterocycles. The van der Waals surface area contributed by atoms with Crippen LogP contribution in [-0.4, -0.2) is 15.0 Å². The van der Waals surface area contributed by atoms with Gasteiger partial charge in [-0.1, -0.05) is 12.1 Å². The van der Waals surface area contributed by atoms with E-state index in [1.54, 1.807) is 6.33 Å². The molecule has 0 aliphatic carbocycles. The molecule has 2 N–H and O–H groups in total. The number of nitrogens with zero attached hydrogens (tertiary/aromatic N) is 2. The molecule has 0 bridgehead atoms. The van der Waals surface area contributed by atoms with E-state index in [0.29, 0.717) is 0 Å². The average Bonchev–Trinajstić information content (AvgIpc) is 2.89. The van der Waals surface area contributed by atoms with Gasteiger partial charge in [0.05, 0.1) is 5.52 Å². The molecule has 0 saturated carbocycles. The zero-order valence-electron chi connectivity index (χ0n) is 11.0. The van der Waals surface area contributed by atoms with E-state index < -0.39 is 0 Å². The zero-order chi connectivity index (χ0) is 14.2. The van der Waals surface area contributed by atoms with Gasteiger partial charge >= 0.3 is 0 Å². The first-order valence-corrected chi connectivity index (χ1v) is 7.34. The van der Waals surface area contributed by atoms with Gasteiger partial charge in [-0.25, -0.2) is 9.97 Å². The van der Waals surface area contributed by atoms with Gasteiger partial charge in [0.15, 0.2) is 0 Å². The molecule has 5 heteroatoms. The van der Waals surface area contributed by atoms with E-state index in [1.165, 1.54) is 0 Å². The molecule has 2 aromatic carbocycles. The van der Waals surface area contributed by atoms with Crippen molar-refractivity contribution in [1.29, 1.82) is 0 Å². The fourth-order valence-corrected chi connectivity index (χ4v) is 2.85. The lowest BCUT2D eigenvalue weighted by Gasteiger charge is -2.08. The van der Waals surface area contributed by atoms with E-state index >= 15 is 0 Å². The Kier molecular flexibility index (Phi) is 2.86. The van der Waals surface area contributed by atoms with Crippen molar-refractivity contribution in [2.24, 2.45) is 0 Å². The summed E-state index contributed by atoms with van der Waals surface area (Å²) in [4.78, 5) is 11.8. The zero-order valence-corrected chi connectivity index (χ0v) is 12.6. The fraction of sp³-hybridized carbons (Fsp3) is 0. The Morgan fingerprint density at radius 3 is 2.86 bits per heavy atom. The lowest BCUT2D eigenvalue weighted by atomic mass is 10.2. The molecule has 0 amide bonds. The Morgan fingerprint density at radius 2 is 1.90 bits per heavy atom. The molecule has 0 aliphatic rings. The summed E-state index contributed by atoms with van der Waals surface area (Å²) in [5.74, 6) is 0.812. The summed E-state index contributed by atoms with van der Waals surface area (Å²) >= 11 is 3.54. The maximum Gasteiger partial charge on any atom is 0.141 e. The second-order valence-electron chi connectivity index (χ2n) is 4.76. The highest BCUT2D eigenvalue weighted by Crippen LogP contribution is 2.28. The molecule has 4 aromatic rings. The molecule has 0 unspecified atom stereocenters. The number of benzene rings is 2. The van der Waals surface area contributed by atoms with E-state index in [0.717, 1.165) is 37.8 Å². The van der Waals surface area contributed by atoms with Crippen LogP contribution in [0.5, 0.6) is 0 Å². The van der Waals surface area contributed by atoms with Crippen LogP contribution in [0.3, 0.4) is 0 Å². The van der Waals surface area contributed by atoms with Crippen molar-refractivity contribution >= 4 is 49.2 Å². The topological polar surface area (TPSA) is 53.6 Å². The highest BCUT2D eigenvalue weighted by Gasteiger charge is 2.05. The quantitative estimate of drug-likeness (QED) is 0.560. The molecular formula is C16H11BrN4. The molecule has 2 aromatic heterocycles. The number of nitrogens with one attached hydrogen (secondary N) is 2. The van der Waals surface area contributed by atoms with Crippen molar-refractivity contribution < 1.29 is 0 Å². The summed E-state index contributed by atoms with van der Waals surface area (Å²) in [7, 11) is 0. The lowest BCUT2D eigenvalue weighted by Crippen LogP contribution is -1.95. The van der Waals surface area contributed by atoms with E-state index in [1.807, 2.05) is 42.6 Å². The van der Waals surface area contributed by atoms with Crippen molar-refractivity contribution in [3.05, 3.63) is 59.5 Å². The molecular weight excluding hydrogens is 328 g/mol. The maximum absolute atomic E-state index is 4.35. The number of hydrogen-bond acceptors (Lipinski definition) is 3. The molecule has 0 saturated heterocycles. The van der Waals surface area contributed by atoms with Crippen LogP contribution >= 0.6 is 15.9 Å². The van der Waals surface area contributed by atoms with Crippen LogP contribution in [0.2, 0.25) is 0 Å². The lowest BCUT2D eigenvalue weighted by molar-refractivity contribution is 1.22. The van der Waals surface area contributed by atoms with Gasteiger partial charge in [0.25, 0.3) is 0 Å². The summed E-state index contributed by atoms with van der Waals surface area (Å²) in [5.41, 5.74) is 3.02. The summed E-state index contributed by atoms with van der Waals surface area (Å²) in [6, 6.07) is 14.1. The van der Waals surface area contributed by atoms with Gasteiger partial charge in [0.2, 0.25) is 0 Å². The van der Waals surface area contributed by atoms with Crippen LogP contribution in [0.1, 0.15) is 0 Å². The first-order valence-electron chi connectivity index (χ1n) is 6.55. The number of H-pyrrole nitrogens is 1. The summed E-state index contributed by atoms with van der Waals surface area (Å²) in [5, 5.41) is 5.52. The van der Waals surface area contributed by atoms with Crippen LogP contribution in [0, 0.1) is 0 Å². The highest BCUT2D eigenvalue weighted by molar-refractivity contribution is 9.10. The molecule has 4 nitrogen and oxygen atoms in total. The minimum atomic E-state index is 0.812. The minimum Gasteiger partial charge on any atom is -0.360 e. The molecule has 0 fully saturated rings. The average molecular weight is 339 g/mol. The van der Waals surface area contributed by atoms with Gasteiger partial charge in [-0.15, -0.1) is 0 Å². The smallest absolute Gasteiger partial charge is 0.141 e. The van der Waals surface area contributed by atoms with Crippen molar-refractivity contribution in [1.82, 2.24) is 15.0 Å². The molecule has 21 heavy (non-hydrogen) atoms. The van der Waals surface area contributed by atoms with Gasteiger partial charge in [-0.05, 0) is 46.3 Å². The Hall–Kier alpha value is -2.40. The van der Waals surface area contributed by atoms with E-state index in [9.17, 15) is 0 Å². The summed E-state index contributed by atoms with van der Waals surface area (Å²) in [6.07, 6.45) is 3.52. The third kappa shape index (κ3) is 2.15. The first kappa shape index (κ1) is 12.3. The predicted molar refractivity (Wildman–Crippen MR) is 88.8 cm³/mol. The number of aromatic nitrogens is 3. The van der Waals surface area contributed by atoms with E-state index in [4.69, 9.17) is 0 Å². The number of anilines is 2. The molecule has 0 atom stereocenters. The largest absolute Gasteiger partial charge is 0.360 e. The van der Waals surface area contributed by atoms with Gasteiger partial charge < -0.3 is 10.3 Å². The van der Waals surface area contributed by atoms with Gasteiger partial charge in [0, 0.05) is 32.6 Å². The third-order valence-corrected chi connectivity index (χ3v) is 4.09. The number of para-hydroxylation sites is 1. The summed E-state index contributed by atoms with van der Waals surface area (Å²) in [6.45, 7) is 0. The molecule has 4 rings (SSSR count). The van der Waals surface area contributed by atoms with Crippen LogP contribution in [0.4, 0.5) is 11.5 Å². The summed E-state index contributed by atoms with van der Waals surface area (Å²) < 4.78 is 1.05. The number of fused-ring (bicyclic) bond motifs is 2. The van der Waals surface area contributed by atoms with E-state index in [-0.39, 0.29) is 0 Å². The van der Waals surface area contributed by atoms with Crippen molar-refractivity contribution in [2.45, 2.75) is 0 Å². The predicted octanol–water partition coefficient (Wildman–Crippen LogP) is 4.62. The molecule has 102 valence electrons. The SMILES string of the molecule is Brc1c[nH]c2ccc(Nc3ncnc4ccccc34)cc12. The Balaban J connectivity index is 1.80. The first-order chi connectivity index (χ1) is 10.3. The normalized spacial score (nSPS) is 11.1. The van der Waals surface area contributed by atoms with Crippen molar-refractivity contribution in [3.63, 3.8) is 0 Å². The van der Waals surface area contributed by atoms with E-state index in [2.05, 4.69) is 42.3 Å². The van der Waals surface area contributed by atoms with Gasteiger partial charge in [0.1, 0.15) is 12.1 Å². The molecule has 2 heterocycles. The number of rotatable bonds is 2.